The highest BCUT2D eigenvalue weighted by Crippen LogP contribution is 2.07. The number of hydrogen-bond donors (Lipinski definition) is 2. The van der Waals surface area contributed by atoms with Gasteiger partial charge in [0.05, 0.1) is 12.5 Å². The number of nitrogens with zero attached hydrogens (tertiary/aromatic N) is 2. The van der Waals surface area contributed by atoms with E-state index < -0.39 is 6.17 Å². The van der Waals surface area contributed by atoms with Gasteiger partial charge in [0.2, 0.25) is 0 Å². The SMILES string of the molecule is Cc1ccc(C(=O)NC(C)N=C(CC#N)Nc2ccccc2)cc1. The predicted octanol–water partition coefficient (Wildman–Crippen LogP) is 3.50. The Bertz CT molecular complexity index is 745. The van der Waals surface area contributed by atoms with Crippen molar-refractivity contribution in [2.75, 3.05) is 5.32 Å². The minimum atomic E-state index is -0.446. The molecule has 0 saturated heterocycles. The van der Waals surface area contributed by atoms with E-state index >= 15 is 0 Å². The third-order valence-corrected chi connectivity index (χ3v) is 3.31. The Morgan fingerprint density at radius 2 is 1.83 bits per heavy atom. The Labute approximate surface area is 142 Å². The van der Waals surface area contributed by atoms with Gasteiger partial charge in [0.1, 0.15) is 12.0 Å². The van der Waals surface area contributed by atoms with Gasteiger partial charge in [0, 0.05) is 11.3 Å². The van der Waals surface area contributed by atoms with Crippen LogP contribution in [0.25, 0.3) is 0 Å². The lowest BCUT2D eigenvalue weighted by Gasteiger charge is -2.13. The molecule has 2 aromatic rings. The molecule has 0 radical (unpaired) electrons. The number of amides is 1. The fraction of sp³-hybridized carbons (Fsp3) is 0.211. The fourth-order valence-electron chi connectivity index (χ4n) is 2.13. The van der Waals surface area contributed by atoms with Crippen LogP contribution in [0.3, 0.4) is 0 Å². The number of carbonyl (C=O) groups excluding carboxylic acids is 1. The molecule has 5 heteroatoms. The van der Waals surface area contributed by atoms with Crippen molar-refractivity contribution < 1.29 is 4.79 Å². The molecule has 1 unspecified atom stereocenters. The molecule has 2 N–H and O–H groups in total. The van der Waals surface area contributed by atoms with Crippen LogP contribution in [-0.4, -0.2) is 17.9 Å². The summed E-state index contributed by atoms with van der Waals surface area (Å²) in [5.74, 6) is 0.322. The Kier molecular flexibility index (Phi) is 6.09. The summed E-state index contributed by atoms with van der Waals surface area (Å²) in [6.07, 6.45) is -0.307. The van der Waals surface area contributed by atoms with Gasteiger partial charge in [0.25, 0.3) is 5.91 Å². The third-order valence-electron chi connectivity index (χ3n) is 3.31. The molecule has 24 heavy (non-hydrogen) atoms. The molecule has 0 aromatic heterocycles. The van der Waals surface area contributed by atoms with Crippen LogP contribution < -0.4 is 10.6 Å². The third kappa shape index (κ3) is 5.25. The number of benzene rings is 2. The lowest BCUT2D eigenvalue weighted by molar-refractivity contribution is 0.0941. The number of rotatable bonds is 5. The normalized spacial score (nSPS) is 12.1. The quantitative estimate of drug-likeness (QED) is 0.654. The van der Waals surface area contributed by atoms with Crippen molar-refractivity contribution in [1.29, 1.82) is 5.26 Å². The molecule has 0 saturated carbocycles. The summed E-state index contributed by atoms with van der Waals surface area (Å²) in [6.45, 7) is 3.74. The molecule has 0 aliphatic carbocycles. The van der Waals surface area contributed by atoms with Crippen LogP contribution in [0.1, 0.15) is 29.3 Å². The summed E-state index contributed by atoms with van der Waals surface area (Å²) in [7, 11) is 0. The molecule has 2 rings (SSSR count). The lowest BCUT2D eigenvalue weighted by atomic mass is 10.1. The molecule has 0 aliphatic heterocycles. The summed E-state index contributed by atoms with van der Waals surface area (Å²) in [4.78, 5) is 16.6. The zero-order valence-corrected chi connectivity index (χ0v) is 13.8. The zero-order valence-electron chi connectivity index (χ0n) is 13.8. The molecule has 0 aliphatic rings. The number of para-hydroxylation sites is 1. The van der Waals surface area contributed by atoms with Gasteiger partial charge in [0.15, 0.2) is 0 Å². The summed E-state index contributed by atoms with van der Waals surface area (Å²) < 4.78 is 0. The fourth-order valence-corrected chi connectivity index (χ4v) is 2.13. The highest BCUT2D eigenvalue weighted by molar-refractivity contribution is 5.97. The highest BCUT2D eigenvalue weighted by Gasteiger charge is 2.10. The minimum Gasteiger partial charge on any atom is -0.343 e. The minimum absolute atomic E-state index is 0.139. The smallest absolute Gasteiger partial charge is 0.252 e. The van der Waals surface area contributed by atoms with Gasteiger partial charge in [-0.2, -0.15) is 5.26 Å². The van der Waals surface area contributed by atoms with Crippen LogP contribution in [-0.2, 0) is 0 Å². The molecule has 5 nitrogen and oxygen atoms in total. The van der Waals surface area contributed by atoms with Gasteiger partial charge < -0.3 is 10.6 Å². The van der Waals surface area contributed by atoms with E-state index in [-0.39, 0.29) is 12.3 Å². The molecule has 1 amide bonds. The molecule has 122 valence electrons. The number of hydrogen-bond acceptors (Lipinski definition) is 3. The largest absolute Gasteiger partial charge is 0.343 e. The van der Waals surface area contributed by atoms with E-state index in [1.165, 1.54) is 0 Å². The van der Waals surface area contributed by atoms with E-state index in [2.05, 4.69) is 21.7 Å². The van der Waals surface area contributed by atoms with Crippen molar-refractivity contribution in [1.82, 2.24) is 5.32 Å². The van der Waals surface area contributed by atoms with Crippen molar-refractivity contribution >= 4 is 17.4 Å². The van der Waals surface area contributed by atoms with Crippen molar-refractivity contribution in [2.24, 2.45) is 4.99 Å². The Hall–Kier alpha value is -3.13. The molecule has 0 bridgehead atoms. The second-order valence-corrected chi connectivity index (χ2v) is 5.42. The van der Waals surface area contributed by atoms with E-state index in [9.17, 15) is 4.79 Å². The number of nitrogens with one attached hydrogen (secondary N) is 2. The Balaban J connectivity index is 2.04. The van der Waals surface area contributed by atoms with E-state index in [1.54, 1.807) is 19.1 Å². The van der Waals surface area contributed by atoms with Gasteiger partial charge in [-0.3, -0.25) is 4.79 Å². The van der Waals surface area contributed by atoms with Gasteiger partial charge in [-0.15, -0.1) is 0 Å². The van der Waals surface area contributed by atoms with Crippen molar-refractivity contribution in [3.63, 3.8) is 0 Å². The second-order valence-electron chi connectivity index (χ2n) is 5.42. The average molecular weight is 320 g/mol. The number of aryl methyl sites for hydroxylation is 1. The lowest BCUT2D eigenvalue weighted by Crippen LogP contribution is -2.32. The average Bonchev–Trinajstić information content (AvgIpc) is 2.56. The molecular weight excluding hydrogens is 300 g/mol. The number of carbonyl (C=O) groups is 1. The first-order valence-corrected chi connectivity index (χ1v) is 7.71. The molecular formula is C19H20N4O. The number of anilines is 1. The standard InChI is InChI=1S/C19H20N4O/c1-14-8-10-16(11-9-14)19(24)22-15(2)21-18(12-13-20)23-17-6-4-3-5-7-17/h3-11,15H,12H2,1-2H3,(H,21,23)(H,22,24). The maximum Gasteiger partial charge on any atom is 0.252 e. The summed E-state index contributed by atoms with van der Waals surface area (Å²) in [6, 6.07) is 18.9. The maximum atomic E-state index is 12.2. The Morgan fingerprint density at radius 3 is 2.46 bits per heavy atom. The zero-order chi connectivity index (χ0) is 17.4. The van der Waals surface area contributed by atoms with Crippen LogP contribution in [0.15, 0.2) is 59.6 Å². The van der Waals surface area contributed by atoms with Gasteiger partial charge in [-0.1, -0.05) is 35.9 Å². The second kappa shape index (κ2) is 8.49. The monoisotopic (exact) mass is 320 g/mol. The van der Waals surface area contributed by atoms with Gasteiger partial charge >= 0.3 is 0 Å². The number of aliphatic imine (C=N–C) groups is 1. The molecule has 0 fully saturated rings. The van der Waals surface area contributed by atoms with E-state index in [0.29, 0.717) is 11.4 Å². The van der Waals surface area contributed by atoms with Crippen LogP contribution in [0.4, 0.5) is 5.69 Å². The van der Waals surface area contributed by atoms with E-state index in [4.69, 9.17) is 5.26 Å². The first kappa shape index (κ1) is 17.2. The summed E-state index contributed by atoms with van der Waals surface area (Å²) in [5.41, 5.74) is 2.53. The van der Waals surface area contributed by atoms with E-state index in [0.717, 1.165) is 11.3 Å². The predicted molar refractivity (Wildman–Crippen MR) is 95.8 cm³/mol. The summed E-state index contributed by atoms with van der Waals surface area (Å²) in [5, 5.41) is 14.9. The molecule has 0 heterocycles. The van der Waals surface area contributed by atoms with Crippen molar-refractivity contribution in [2.45, 2.75) is 26.4 Å². The first-order valence-electron chi connectivity index (χ1n) is 7.71. The Morgan fingerprint density at radius 1 is 1.17 bits per heavy atom. The van der Waals surface area contributed by atoms with Crippen LogP contribution in [0.2, 0.25) is 0 Å². The molecule has 2 aromatic carbocycles. The van der Waals surface area contributed by atoms with Crippen LogP contribution >= 0.6 is 0 Å². The van der Waals surface area contributed by atoms with Crippen LogP contribution in [0.5, 0.6) is 0 Å². The molecule has 1 atom stereocenters. The van der Waals surface area contributed by atoms with E-state index in [1.807, 2.05) is 49.4 Å². The summed E-state index contributed by atoms with van der Waals surface area (Å²) >= 11 is 0. The first-order chi connectivity index (χ1) is 11.6. The van der Waals surface area contributed by atoms with Crippen molar-refractivity contribution in [3.8, 4) is 6.07 Å². The van der Waals surface area contributed by atoms with Gasteiger partial charge in [-0.05, 0) is 38.1 Å². The van der Waals surface area contributed by atoms with Gasteiger partial charge in [-0.25, -0.2) is 4.99 Å². The molecule has 0 spiro atoms. The number of nitriles is 1. The topological polar surface area (TPSA) is 77.3 Å². The van der Waals surface area contributed by atoms with Crippen LogP contribution in [0, 0.1) is 18.3 Å². The van der Waals surface area contributed by atoms with Crippen molar-refractivity contribution in [3.05, 3.63) is 65.7 Å². The number of amidine groups is 1. The highest BCUT2D eigenvalue weighted by atomic mass is 16.1. The maximum absolute atomic E-state index is 12.2.